The van der Waals surface area contributed by atoms with Gasteiger partial charge in [-0.05, 0) is 77.1 Å². The maximum absolute atomic E-state index is 5.15. The Morgan fingerprint density at radius 1 is 0.652 bits per heavy atom. The fraction of sp³-hybridized carbons (Fsp3) is 0.143. The number of aromatic nitrogens is 4. The van der Waals surface area contributed by atoms with Crippen molar-refractivity contribution < 1.29 is 0 Å². The molecule has 0 bridgehead atoms. The van der Waals surface area contributed by atoms with Gasteiger partial charge in [-0.2, -0.15) is 0 Å². The molecule has 4 heteroatoms. The zero-order chi connectivity index (χ0) is 30.9. The van der Waals surface area contributed by atoms with Crippen molar-refractivity contribution in [3.05, 3.63) is 173 Å². The smallest absolute Gasteiger partial charge is 0.137 e. The number of imidazole rings is 1. The van der Waals surface area contributed by atoms with Crippen LogP contribution in [0.1, 0.15) is 49.1 Å². The van der Waals surface area contributed by atoms with Crippen molar-refractivity contribution in [2.24, 2.45) is 0 Å². The Bertz CT molecular complexity index is 2340. The quantitative estimate of drug-likeness (QED) is 0.220. The third-order valence-electron chi connectivity index (χ3n) is 10.3. The van der Waals surface area contributed by atoms with Gasteiger partial charge in [0.05, 0.1) is 22.1 Å². The lowest BCUT2D eigenvalue weighted by Crippen LogP contribution is -2.44. The molecule has 1 N–H and O–H groups in total. The maximum Gasteiger partial charge on any atom is 0.137 e. The summed E-state index contributed by atoms with van der Waals surface area (Å²) in [6, 6.07) is 39.9. The van der Waals surface area contributed by atoms with Crippen LogP contribution in [0.4, 0.5) is 0 Å². The molecule has 4 nitrogen and oxygen atoms in total. The summed E-state index contributed by atoms with van der Waals surface area (Å²) in [5.74, 6) is 0.863. The number of aromatic amines is 1. The van der Waals surface area contributed by atoms with Crippen molar-refractivity contribution >= 4 is 21.8 Å². The van der Waals surface area contributed by atoms with Crippen molar-refractivity contribution in [3.63, 3.8) is 0 Å². The predicted molar refractivity (Wildman–Crippen MR) is 187 cm³/mol. The van der Waals surface area contributed by atoms with Gasteiger partial charge in [0.25, 0.3) is 0 Å². The molecule has 2 aliphatic rings. The van der Waals surface area contributed by atoms with E-state index < -0.39 is 5.41 Å². The molecule has 3 heterocycles. The predicted octanol–water partition coefficient (Wildman–Crippen LogP) is 9.84. The summed E-state index contributed by atoms with van der Waals surface area (Å²) >= 11 is 0. The molecular formula is C42H34N4. The second kappa shape index (κ2) is 10.0. The number of rotatable bonds is 4. The highest BCUT2D eigenvalue weighted by molar-refractivity contribution is 6.09. The molecule has 0 radical (unpaired) electrons. The van der Waals surface area contributed by atoms with Gasteiger partial charge in [-0.15, -0.1) is 0 Å². The van der Waals surface area contributed by atoms with Crippen LogP contribution in [0.3, 0.4) is 0 Å². The summed E-state index contributed by atoms with van der Waals surface area (Å²) in [6.07, 6.45) is 12.7. The first kappa shape index (κ1) is 26.9. The molecule has 0 saturated carbocycles. The molecule has 1 atom stereocenters. The van der Waals surface area contributed by atoms with Gasteiger partial charge >= 0.3 is 0 Å². The maximum atomic E-state index is 5.15. The molecule has 9 rings (SSSR count). The lowest BCUT2D eigenvalue weighted by Gasteiger charge is -2.50. The van der Waals surface area contributed by atoms with Crippen molar-refractivity contribution in [2.75, 3.05) is 0 Å². The summed E-state index contributed by atoms with van der Waals surface area (Å²) in [4.78, 5) is 13.0. The molecule has 222 valence electrons. The van der Waals surface area contributed by atoms with Gasteiger partial charge in [-0.3, -0.25) is 4.98 Å². The van der Waals surface area contributed by atoms with E-state index in [4.69, 9.17) is 4.98 Å². The molecule has 0 aliphatic heterocycles. The molecule has 0 amide bonds. The monoisotopic (exact) mass is 594 g/mol. The average molecular weight is 595 g/mol. The van der Waals surface area contributed by atoms with E-state index in [0.29, 0.717) is 0 Å². The summed E-state index contributed by atoms with van der Waals surface area (Å²) in [5, 5.41) is 2.47. The van der Waals surface area contributed by atoms with Gasteiger partial charge in [0, 0.05) is 46.0 Å². The highest BCUT2D eigenvalue weighted by Gasteiger charge is 2.52. The van der Waals surface area contributed by atoms with Crippen molar-refractivity contribution in [1.82, 2.24) is 19.5 Å². The number of fused-ring (bicyclic) bond motifs is 5. The number of para-hydroxylation sites is 1. The van der Waals surface area contributed by atoms with Crippen LogP contribution in [0.25, 0.3) is 38.9 Å². The number of nitrogens with one attached hydrogen (secondary N) is 1. The molecule has 0 saturated heterocycles. The van der Waals surface area contributed by atoms with E-state index in [2.05, 4.69) is 144 Å². The zero-order valence-electron chi connectivity index (χ0n) is 26.0. The summed E-state index contributed by atoms with van der Waals surface area (Å²) in [6.45, 7) is 4.76. The van der Waals surface area contributed by atoms with Gasteiger partial charge in [0.15, 0.2) is 0 Å². The first-order valence-corrected chi connectivity index (χ1v) is 16.2. The molecule has 0 fully saturated rings. The Morgan fingerprint density at radius 3 is 2.26 bits per heavy atom. The lowest BCUT2D eigenvalue weighted by atomic mass is 9.52. The summed E-state index contributed by atoms with van der Waals surface area (Å²) in [5.41, 5.74) is 11.6. The largest absolute Gasteiger partial charge is 0.345 e. The van der Waals surface area contributed by atoms with E-state index in [9.17, 15) is 0 Å². The Balaban J connectivity index is 1.40. The van der Waals surface area contributed by atoms with Crippen LogP contribution in [0, 0.1) is 0 Å². The number of benzene rings is 4. The van der Waals surface area contributed by atoms with Crippen LogP contribution in [0.15, 0.2) is 151 Å². The van der Waals surface area contributed by atoms with Crippen LogP contribution in [-0.4, -0.2) is 19.5 Å². The molecule has 2 aliphatic carbocycles. The molecule has 0 spiro atoms. The molecule has 46 heavy (non-hydrogen) atoms. The Kier molecular flexibility index (Phi) is 5.85. The highest BCUT2D eigenvalue weighted by Crippen LogP contribution is 2.59. The number of H-pyrrole nitrogens is 1. The zero-order valence-corrected chi connectivity index (χ0v) is 26.0. The van der Waals surface area contributed by atoms with E-state index in [1.165, 1.54) is 49.6 Å². The van der Waals surface area contributed by atoms with E-state index in [1.54, 1.807) is 6.20 Å². The first-order valence-electron chi connectivity index (χ1n) is 16.2. The summed E-state index contributed by atoms with van der Waals surface area (Å²) < 4.78 is 2.41. The minimum atomic E-state index is -0.564. The fourth-order valence-corrected chi connectivity index (χ4v) is 8.28. The van der Waals surface area contributed by atoms with Crippen LogP contribution >= 0.6 is 0 Å². The number of hydrogen-bond acceptors (Lipinski definition) is 2. The van der Waals surface area contributed by atoms with Crippen LogP contribution in [0.5, 0.6) is 0 Å². The molecule has 3 aromatic heterocycles. The van der Waals surface area contributed by atoms with E-state index in [0.717, 1.165) is 35.6 Å². The van der Waals surface area contributed by atoms with Crippen LogP contribution in [-0.2, 0) is 10.8 Å². The average Bonchev–Trinajstić information content (AvgIpc) is 3.76. The normalized spacial score (nSPS) is 18.6. The van der Waals surface area contributed by atoms with Gasteiger partial charge in [-0.25, -0.2) is 4.98 Å². The first-order chi connectivity index (χ1) is 22.6. The number of pyridine rings is 1. The highest BCUT2D eigenvalue weighted by atomic mass is 15.0. The van der Waals surface area contributed by atoms with Gasteiger partial charge in [0.1, 0.15) is 5.82 Å². The van der Waals surface area contributed by atoms with Crippen molar-refractivity contribution in [2.45, 2.75) is 37.5 Å². The Labute approximate surface area is 268 Å². The van der Waals surface area contributed by atoms with Gasteiger partial charge in [0.2, 0.25) is 0 Å². The topological polar surface area (TPSA) is 46.5 Å². The second-order valence-corrected chi connectivity index (χ2v) is 13.0. The molecular weight excluding hydrogens is 560 g/mol. The second-order valence-electron chi connectivity index (χ2n) is 13.0. The van der Waals surface area contributed by atoms with Crippen molar-refractivity contribution in [3.8, 4) is 17.1 Å². The van der Waals surface area contributed by atoms with Crippen LogP contribution in [0.2, 0.25) is 0 Å². The van der Waals surface area contributed by atoms with E-state index >= 15 is 0 Å². The number of nitrogens with zero attached hydrogens (tertiary/aromatic N) is 3. The SMILES string of the molecule is CC1(C)C2=CCCC=C2[C@](c2ccc3c4ccccc4n(-c4cccc(-c5ncc[nH]5)c4)c3c2)(c2ccccn2)c2ccccc21. The number of allylic oxidation sites excluding steroid dienone is 4. The van der Waals surface area contributed by atoms with E-state index in [1.807, 2.05) is 18.5 Å². The molecule has 7 aromatic rings. The Hall–Kier alpha value is -5.48. The molecule has 4 aromatic carbocycles. The molecule has 0 unspecified atom stereocenters. The minimum Gasteiger partial charge on any atom is -0.345 e. The standard InChI is InChI=1S/C42H34N4/c1-41(2)33-15-4-6-17-35(33)42(39-20-9-10-23-43-39,36-18-7-5-16-34(36)41)29-21-22-32-31-14-3-8-19-37(31)46(38(32)27-29)30-13-11-12-28(26-30)40-44-24-25-45-40/h3-4,6,8-27H,5,7H2,1-2H3,(H,44,45)/t42-/m1/s1. The Morgan fingerprint density at radius 2 is 1.43 bits per heavy atom. The third kappa shape index (κ3) is 3.67. The summed E-state index contributed by atoms with van der Waals surface area (Å²) in [7, 11) is 0. The van der Waals surface area contributed by atoms with Crippen molar-refractivity contribution in [1.29, 1.82) is 0 Å². The lowest BCUT2D eigenvalue weighted by molar-refractivity contribution is 0.529. The number of hydrogen-bond donors (Lipinski definition) is 1. The van der Waals surface area contributed by atoms with Crippen LogP contribution < -0.4 is 0 Å². The minimum absolute atomic E-state index is 0.119. The third-order valence-corrected chi connectivity index (χ3v) is 10.3. The van der Waals surface area contributed by atoms with Gasteiger partial charge < -0.3 is 9.55 Å². The van der Waals surface area contributed by atoms with Gasteiger partial charge in [-0.1, -0.05) is 98.8 Å². The van der Waals surface area contributed by atoms with E-state index in [-0.39, 0.29) is 5.41 Å². The fourth-order valence-electron chi connectivity index (χ4n) is 8.28.